The highest BCUT2D eigenvalue weighted by Gasteiger charge is 2.53. The van der Waals surface area contributed by atoms with Crippen LogP contribution in [0.4, 0.5) is 0 Å². The zero-order chi connectivity index (χ0) is 8.06. The lowest BCUT2D eigenvalue weighted by Crippen LogP contribution is -2.58. The van der Waals surface area contributed by atoms with Gasteiger partial charge in [0.1, 0.15) is 0 Å². The van der Waals surface area contributed by atoms with Gasteiger partial charge in [0.25, 0.3) is 0 Å². The minimum atomic E-state index is 0.645. The molecule has 0 spiro atoms. The Labute approximate surface area is 69.6 Å². The molecule has 3 unspecified atom stereocenters. The van der Waals surface area contributed by atoms with Crippen molar-refractivity contribution in [1.82, 2.24) is 5.32 Å². The minimum Gasteiger partial charge on any atom is -0.317 e. The van der Waals surface area contributed by atoms with E-state index in [1.54, 1.807) is 0 Å². The van der Waals surface area contributed by atoms with Gasteiger partial charge in [-0.2, -0.15) is 0 Å². The van der Waals surface area contributed by atoms with Crippen molar-refractivity contribution in [3.63, 3.8) is 0 Å². The van der Waals surface area contributed by atoms with Crippen molar-refractivity contribution in [2.24, 2.45) is 17.3 Å². The summed E-state index contributed by atoms with van der Waals surface area (Å²) in [6.07, 6.45) is 4.35. The molecule has 3 rings (SSSR count). The average Bonchev–Trinajstić information content (AvgIpc) is 2.04. The van der Waals surface area contributed by atoms with Crippen LogP contribution in [0.5, 0.6) is 0 Å². The summed E-state index contributed by atoms with van der Waals surface area (Å²) in [5, 5.41) is 3.45. The normalized spacial score (nSPS) is 46.6. The van der Waals surface area contributed by atoms with E-state index < -0.39 is 0 Å². The first-order valence-corrected chi connectivity index (χ1v) is 4.83. The third-order valence-corrected chi connectivity index (χ3v) is 4.23. The Hall–Kier alpha value is -0.0400. The zero-order valence-electron chi connectivity index (χ0n) is 7.85. The van der Waals surface area contributed by atoms with Gasteiger partial charge in [0.15, 0.2) is 0 Å². The number of hydrogen-bond donors (Lipinski definition) is 1. The number of rotatable bonds is 1. The molecule has 0 aliphatic heterocycles. The van der Waals surface area contributed by atoms with Crippen LogP contribution in [0.1, 0.15) is 33.1 Å². The van der Waals surface area contributed by atoms with Crippen LogP contribution in [0.15, 0.2) is 0 Å². The SMILES string of the molecule is CNC1CCC2CC1C2(C)C. The quantitative estimate of drug-likeness (QED) is 0.608. The molecule has 0 aromatic heterocycles. The predicted octanol–water partition coefficient (Wildman–Crippen LogP) is 2.03. The lowest BCUT2D eigenvalue weighted by molar-refractivity contribution is -0.0851. The molecule has 3 fully saturated rings. The monoisotopic (exact) mass is 153 g/mol. The molecule has 1 N–H and O–H groups in total. The van der Waals surface area contributed by atoms with Crippen LogP contribution in [0.3, 0.4) is 0 Å². The molecule has 3 aliphatic carbocycles. The summed E-state index contributed by atoms with van der Waals surface area (Å²) >= 11 is 0. The van der Waals surface area contributed by atoms with Crippen molar-refractivity contribution < 1.29 is 0 Å². The highest BCUT2D eigenvalue weighted by Crippen LogP contribution is 2.58. The average molecular weight is 153 g/mol. The Bertz CT molecular complexity index is 160. The smallest absolute Gasteiger partial charge is 0.00977 e. The van der Waals surface area contributed by atoms with Gasteiger partial charge in [-0.1, -0.05) is 13.8 Å². The maximum atomic E-state index is 3.45. The first-order valence-electron chi connectivity index (χ1n) is 4.83. The number of nitrogens with one attached hydrogen (secondary N) is 1. The fourth-order valence-electron chi connectivity index (χ4n) is 3.16. The fourth-order valence-corrected chi connectivity index (χ4v) is 3.16. The van der Waals surface area contributed by atoms with E-state index in [9.17, 15) is 0 Å². The van der Waals surface area contributed by atoms with Gasteiger partial charge >= 0.3 is 0 Å². The third-order valence-electron chi connectivity index (χ3n) is 4.23. The van der Waals surface area contributed by atoms with Crippen LogP contribution in [0.25, 0.3) is 0 Å². The first kappa shape index (κ1) is 7.60. The van der Waals surface area contributed by atoms with Gasteiger partial charge in [0, 0.05) is 6.04 Å². The summed E-state index contributed by atoms with van der Waals surface area (Å²) in [5.74, 6) is 2.00. The molecule has 0 heterocycles. The van der Waals surface area contributed by atoms with Crippen molar-refractivity contribution in [1.29, 1.82) is 0 Å². The molecule has 11 heavy (non-hydrogen) atoms. The van der Waals surface area contributed by atoms with Crippen LogP contribution in [0.2, 0.25) is 0 Å². The molecule has 1 heteroatoms. The second kappa shape index (κ2) is 2.22. The molecule has 2 bridgehead atoms. The maximum Gasteiger partial charge on any atom is 0.00977 e. The highest BCUT2D eigenvalue weighted by atomic mass is 14.9. The molecule has 3 aliphatic rings. The van der Waals surface area contributed by atoms with Crippen LogP contribution in [0, 0.1) is 17.3 Å². The molecule has 0 amide bonds. The van der Waals surface area contributed by atoms with E-state index in [2.05, 4.69) is 26.2 Å². The summed E-state index contributed by atoms with van der Waals surface area (Å²) in [5.41, 5.74) is 0.645. The van der Waals surface area contributed by atoms with Crippen molar-refractivity contribution in [3.8, 4) is 0 Å². The first-order chi connectivity index (χ1) is 5.16. The third kappa shape index (κ3) is 0.868. The molecule has 64 valence electrons. The molecular weight excluding hydrogens is 134 g/mol. The molecule has 3 atom stereocenters. The van der Waals surface area contributed by atoms with Gasteiger partial charge in [0.2, 0.25) is 0 Å². The summed E-state index contributed by atoms with van der Waals surface area (Å²) in [7, 11) is 2.11. The molecule has 0 aromatic rings. The number of fused-ring (bicyclic) bond motifs is 2. The molecule has 1 nitrogen and oxygen atoms in total. The van der Waals surface area contributed by atoms with Gasteiger partial charge in [-0.25, -0.2) is 0 Å². The zero-order valence-corrected chi connectivity index (χ0v) is 7.85. The summed E-state index contributed by atoms with van der Waals surface area (Å²) < 4.78 is 0. The molecule has 0 aromatic carbocycles. The Balaban J connectivity index is 2.10. The largest absolute Gasteiger partial charge is 0.317 e. The second-order valence-electron chi connectivity index (χ2n) is 4.83. The summed E-state index contributed by atoms with van der Waals surface area (Å²) in [6.45, 7) is 4.88. The van der Waals surface area contributed by atoms with Gasteiger partial charge in [-0.05, 0) is 43.6 Å². The number of hydrogen-bond acceptors (Lipinski definition) is 1. The highest BCUT2D eigenvalue weighted by molar-refractivity contribution is 5.05. The standard InChI is InChI=1S/C10H19N/c1-10(2)7-4-5-9(11-3)8(10)6-7/h7-9,11H,4-6H2,1-3H3. The Morgan fingerprint density at radius 2 is 2.00 bits per heavy atom. The second-order valence-corrected chi connectivity index (χ2v) is 4.83. The van der Waals surface area contributed by atoms with Gasteiger partial charge in [-0.15, -0.1) is 0 Å². The van der Waals surface area contributed by atoms with E-state index in [1.807, 2.05) is 0 Å². The Kier molecular flexibility index (Phi) is 1.54. The van der Waals surface area contributed by atoms with E-state index in [0.717, 1.165) is 17.9 Å². The van der Waals surface area contributed by atoms with Gasteiger partial charge in [-0.3, -0.25) is 0 Å². The summed E-state index contributed by atoms with van der Waals surface area (Å²) in [6, 6.07) is 0.815. The predicted molar refractivity (Wildman–Crippen MR) is 47.5 cm³/mol. The van der Waals surface area contributed by atoms with E-state index in [1.165, 1.54) is 19.3 Å². The summed E-state index contributed by atoms with van der Waals surface area (Å²) in [4.78, 5) is 0. The van der Waals surface area contributed by atoms with E-state index in [0.29, 0.717) is 5.41 Å². The molecule has 0 saturated heterocycles. The van der Waals surface area contributed by atoms with E-state index >= 15 is 0 Å². The van der Waals surface area contributed by atoms with Gasteiger partial charge < -0.3 is 5.32 Å². The van der Waals surface area contributed by atoms with Crippen molar-refractivity contribution in [3.05, 3.63) is 0 Å². The lowest BCUT2D eigenvalue weighted by Gasteiger charge is -2.60. The minimum absolute atomic E-state index is 0.645. The van der Waals surface area contributed by atoms with E-state index in [4.69, 9.17) is 0 Å². The Morgan fingerprint density at radius 1 is 1.27 bits per heavy atom. The van der Waals surface area contributed by atoms with Crippen LogP contribution in [-0.4, -0.2) is 13.1 Å². The fraction of sp³-hybridized carbons (Fsp3) is 1.00. The molecular formula is C10H19N. The van der Waals surface area contributed by atoms with Crippen LogP contribution < -0.4 is 5.32 Å². The molecule has 3 saturated carbocycles. The van der Waals surface area contributed by atoms with Gasteiger partial charge in [0.05, 0.1) is 0 Å². The van der Waals surface area contributed by atoms with E-state index in [-0.39, 0.29) is 0 Å². The van der Waals surface area contributed by atoms with Crippen molar-refractivity contribution in [2.45, 2.75) is 39.2 Å². The maximum absolute atomic E-state index is 3.45. The van der Waals surface area contributed by atoms with Crippen molar-refractivity contribution >= 4 is 0 Å². The lowest BCUT2D eigenvalue weighted by atomic mass is 9.47. The van der Waals surface area contributed by atoms with Crippen LogP contribution >= 0.6 is 0 Å². The van der Waals surface area contributed by atoms with Crippen LogP contribution in [-0.2, 0) is 0 Å². The van der Waals surface area contributed by atoms with Crippen molar-refractivity contribution in [2.75, 3.05) is 7.05 Å². The topological polar surface area (TPSA) is 12.0 Å². The molecule has 0 radical (unpaired) electrons. The Morgan fingerprint density at radius 3 is 2.36 bits per heavy atom.